The molecule has 1 atom stereocenters. The topological polar surface area (TPSA) is 109 Å². The summed E-state index contributed by atoms with van der Waals surface area (Å²) in [7, 11) is 1.55. The van der Waals surface area contributed by atoms with Gasteiger partial charge in [0.1, 0.15) is 5.75 Å². The van der Waals surface area contributed by atoms with Crippen LogP contribution < -0.4 is 21.1 Å². The van der Waals surface area contributed by atoms with Crippen molar-refractivity contribution in [1.29, 1.82) is 0 Å². The largest absolute Gasteiger partial charge is 0.497 e. The molecule has 0 heterocycles. The van der Waals surface area contributed by atoms with Crippen molar-refractivity contribution in [2.45, 2.75) is 19.9 Å². The van der Waals surface area contributed by atoms with Crippen molar-refractivity contribution in [3.63, 3.8) is 0 Å². The van der Waals surface area contributed by atoms with Crippen molar-refractivity contribution >= 4 is 17.6 Å². The fourth-order valence-corrected chi connectivity index (χ4v) is 1.65. The number of nitrogens with one attached hydrogen (secondary N) is 2. The van der Waals surface area contributed by atoms with Crippen molar-refractivity contribution in [2.24, 2.45) is 16.8 Å². The van der Waals surface area contributed by atoms with Crippen molar-refractivity contribution in [1.82, 2.24) is 5.32 Å². The van der Waals surface area contributed by atoms with Gasteiger partial charge < -0.3 is 26.3 Å². The molecule has 7 nitrogen and oxygen atoms in total. The lowest BCUT2D eigenvalue weighted by Crippen LogP contribution is -2.49. The molecule has 0 aliphatic heterocycles. The second kappa shape index (κ2) is 7.22. The van der Waals surface area contributed by atoms with Gasteiger partial charge in [-0.15, -0.1) is 0 Å². The monoisotopic (exact) mass is 280 g/mol. The van der Waals surface area contributed by atoms with E-state index in [1.54, 1.807) is 31.4 Å². The lowest BCUT2D eigenvalue weighted by Gasteiger charge is -2.21. The molecule has 1 aromatic carbocycles. The molecule has 1 unspecified atom stereocenters. The van der Waals surface area contributed by atoms with E-state index in [4.69, 9.17) is 15.7 Å². The Kier molecular flexibility index (Phi) is 5.64. The molecule has 5 N–H and O–H groups in total. The highest BCUT2D eigenvalue weighted by atomic mass is 16.5. The number of carbonyl (C=O) groups is 1. The van der Waals surface area contributed by atoms with Gasteiger partial charge in [0.25, 0.3) is 0 Å². The number of nitrogens with zero attached hydrogens (tertiary/aromatic N) is 1. The number of nitrogens with two attached hydrogens (primary N) is 1. The minimum absolute atomic E-state index is 0.0121. The minimum atomic E-state index is -0.550. The number of anilines is 1. The molecule has 0 bridgehead atoms. The molecule has 1 aromatic rings. The first-order chi connectivity index (χ1) is 9.47. The summed E-state index contributed by atoms with van der Waals surface area (Å²) < 4.78 is 5.07. The highest BCUT2D eigenvalue weighted by Gasteiger charge is 2.20. The van der Waals surface area contributed by atoms with E-state index in [1.807, 2.05) is 13.8 Å². The number of carbonyl (C=O) groups excluding carboxylic acids is 1. The zero-order valence-corrected chi connectivity index (χ0v) is 11.8. The van der Waals surface area contributed by atoms with Crippen LogP contribution in [0.5, 0.6) is 5.75 Å². The van der Waals surface area contributed by atoms with Gasteiger partial charge >= 0.3 is 6.03 Å². The molecule has 0 aliphatic carbocycles. The van der Waals surface area contributed by atoms with Crippen molar-refractivity contribution < 1.29 is 14.7 Å². The van der Waals surface area contributed by atoms with E-state index in [0.29, 0.717) is 11.4 Å². The van der Waals surface area contributed by atoms with Crippen LogP contribution in [0.4, 0.5) is 10.5 Å². The van der Waals surface area contributed by atoms with Crippen molar-refractivity contribution in [3.8, 4) is 5.75 Å². The van der Waals surface area contributed by atoms with Crippen LogP contribution in [-0.2, 0) is 0 Å². The summed E-state index contributed by atoms with van der Waals surface area (Å²) in [4.78, 5) is 11.9. The van der Waals surface area contributed by atoms with Gasteiger partial charge in [0, 0.05) is 11.8 Å². The fraction of sp³-hybridized carbons (Fsp3) is 0.385. The first-order valence-corrected chi connectivity index (χ1v) is 6.17. The molecule has 110 valence electrons. The lowest BCUT2D eigenvalue weighted by molar-refractivity contribution is 0.248. The van der Waals surface area contributed by atoms with Gasteiger partial charge in [-0.1, -0.05) is 25.1 Å². The number of oxime groups is 1. The molecular formula is C13H20N4O3. The highest BCUT2D eigenvalue weighted by molar-refractivity contribution is 5.95. The average Bonchev–Trinajstić information content (AvgIpc) is 2.43. The molecule has 0 saturated heterocycles. The number of rotatable bonds is 5. The van der Waals surface area contributed by atoms with Gasteiger partial charge in [-0.2, -0.15) is 0 Å². The van der Waals surface area contributed by atoms with Crippen LogP contribution in [0.2, 0.25) is 0 Å². The van der Waals surface area contributed by atoms with Crippen LogP contribution in [0, 0.1) is 5.92 Å². The Balaban J connectivity index is 2.70. The number of ether oxygens (including phenoxy) is 1. The van der Waals surface area contributed by atoms with Gasteiger partial charge in [0.05, 0.1) is 13.2 Å². The molecule has 20 heavy (non-hydrogen) atoms. The maximum absolute atomic E-state index is 11.9. The predicted molar refractivity (Wildman–Crippen MR) is 77.2 cm³/mol. The summed E-state index contributed by atoms with van der Waals surface area (Å²) in [6.45, 7) is 3.71. The Bertz CT molecular complexity index is 488. The maximum Gasteiger partial charge on any atom is 0.319 e. The molecule has 7 heteroatoms. The Labute approximate surface area is 117 Å². The molecule has 0 aliphatic rings. The SMILES string of the molecule is COc1cccc(NC(=O)NC(C(N)=NO)C(C)C)c1. The van der Waals surface area contributed by atoms with Crippen molar-refractivity contribution in [3.05, 3.63) is 24.3 Å². The van der Waals surface area contributed by atoms with Gasteiger partial charge in [-0.05, 0) is 18.1 Å². The third-order valence-electron chi connectivity index (χ3n) is 2.71. The number of amides is 2. The van der Waals surface area contributed by atoms with E-state index in [0.717, 1.165) is 0 Å². The second-order valence-electron chi connectivity index (χ2n) is 4.58. The van der Waals surface area contributed by atoms with Crippen LogP contribution in [0.1, 0.15) is 13.8 Å². The molecule has 2 amide bonds. The molecule has 0 saturated carbocycles. The van der Waals surface area contributed by atoms with E-state index < -0.39 is 12.1 Å². The van der Waals surface area contributed by atoms with E-state index in [2.05, 4.69) is 15.8 Å². The summed E-state index contributed by atoms with van der Waals surface area (Å²) in [6.07, 6.45) is 0. The lowest BCUT2D eigenvalue weighted by atomic mass is 10.0. The first kappa shape index (κ1) is 15.6. The molecule has 0 radical (unpaired) electrons. The number of urea groups is 1. The molecule has 1 rings (SSSR count). The number of hydrogen-bond donors (Lipinski definition) is 4. The zero-order valence-electron chi connectivity index (χ0n) is 11.8. The number of amidine groups is 1. The van der Waals surface area contributed by atoms with Crippen LogP contribution in [-0.4, -0.2) is 30.2 Å². The van der Waals surface area contributed by atoms with Crippen LogP contribution in [0.25, 0.3) is 0 Å². The quantitative estimate of drug-likeness (QED) is 0.284. The summed E-state index contributed by atoms with van der Waals surface area (Å²) in [5.74, 6) is 0.586. The highest BCUT2D eigenvalue weighted by Crippen LogP contribution is 2.16. The summed E-state index contributed by atoms with van der Waals surface area (Å²) in [6, 6.07) is 5.96. The van der Waals surface area contributed by atoms with Crippen molar-refractivity contribution in [2.75, 3.05) is 12.4 Å². The average molecular weight is 280 g/mol. The van der Waals surface area contributed by atoms with E-state index >= 15 is 0 Å². The molecular weight excluding hydrogens is 260 g/mol. The Morgan fingerprint density at radius 2 is 2.15 bits per heavy atom. The fourth-order valence-electron chi connectivity index (χ4n) is 1.65. The maximum atomic E-state index is 11.9. The summed E-state index contributed by atoms with van der Waals surface area (Å²) in [5.41, 5.74) is 6.13. The number of hydrogen-bond acceptors (Lipinski definition) is 4. The third-order valence-corrected chi connectivity index (χ3v) is 2.71. The van der Waals surface area contributed by atoms with Gasteiger partial charge in [0.2, 0.25) is 0 Å². The number of benzene rings is 1. The minimum Gasteiger partial charge on any atom is -0.497 e. The van der Waals surface area contributed by atoms with E-state index in [9.17, 15) is 4.79 Å². The molecule has 0 fully saturated rings. The van der Waals surface area contributed by atoms with Crippen LogP contribution in [0.3, 0.4) is 0 Å². The zero-order chi connectivity index (χ0) is 15.1. The summed E-state index contributed by atoms with van der Waals surface area (Å²) in [5, 5.41) is 16.9. The normalized spacial score (nSPS) is 12.9. The Morgan fingerprint density at radius 3 is 2.70 bits per heavy atom. The van der Waals surface area contributed by atoms with Crippen LogP contribution >= 0.6 is 0 Å². The number of methoxy groups -OCH3 is 1. The molecule has 0 aromatic heterocycles. The van der Waals surface area contributed by atoms with Gasteiger partial charge in [0.15, 0.2) is 5.84 Å². The predicted octanol–water partition coefficient (Wildman–Crippen LogP) is 1.59. The van der Waals surface area contributed by atoms with E-state index in [-0.39, 0.29) is 11.8 Å². The second-order valence-corrected chi connectivity index (χ2v) is 4.58. The third kappa shape index (κ3) is 4.34. The summed E-state index contributed by atoms with van der Waals surface area (Å²) >= 11 is 0. The Hall–Kier alpha value is -2.44. The first-order valence-electron chi connectivity index (χ1n) is 6.17. The standard InChI is InChI=1S/C13H20N4O3/c1-8(2)11(12(14)17-19)16-13(18)15-9-5-4-6-10(7-9)20-3/h4-8,11,19H,1-3H3,(H2,14,17)(H2,15,16,18). The van der Waals surface area contributed by atoms with Crippen LogP contribution in [0.15, 0.2) is 29.4 Å². The van der Waals surface area contributed by atoms with Gasteiger partial charge in [-0.3, -0.25) is 0 Å². The molecule has 0 spiro atoms. The van der Waals surface area contributed by atoms with E-state index in [1.165, 1.54) is 0 Å². The Morgan fingerprint density at radius 1 is 1.45 bits per heavy atom. The smallest absolute Gasteiger partial charge is 0.319 e. The van der Waals surface area contributed by atoms with Gasteiger partial charge in [-0.25, -0.2) is 4.79 Å².